The average Bonchev–Trinajstić information content (AvgIpc) is 3.17. The first-order valence-electron chi connectivity index (χ1n) is 8.10. The molecule has 0 saturated heterocycles. The lowest BCUT2D eigenvalue weighted by Gasteiger charge is -2.25. The van der Waals surface area contributed by atoms with E-state index in [1.54, 1.807) is 0 Å². The monoisotopic (exact) mass is 319 g/mol. The molecule has 0 radical (unpaired) electrons. The molecule has 2 heterocycles. The predicted octanol–water partition coefficient (Wildman–Crippen LogP) is 1.86. The van der Waals surface area contributed by atoms with E-state index in [4.69, 9.17) is 0 Å². The van der Waals surface area contributed by atoms with Crippen molar-refractivity contribution in [3.05, 3.63) is 77.5 Å². The minimum Gasteiger partial charge on any atom is -0.356 e. The van der Waals surface area contributed by atoms with Gasteiger partial charge in [0, 0.05) is 11.1 Å². The highest BCUT2D eigenvalue weighted by molar-refractivity contribution is 6.00. The van der Waals surface area contributed by atoms with Crippen LogP contribution < -0.4 is 5.73 Å². The molecule has 4 rings (SSSR count). The van der Waals surface area contributed by atoms with E-state index < -0.39 is 0 Å². The summed E-state index contributed by atoms with van der Waals surface area (Å²) in [5.41, 5.74) is 8.43. The number of rotatable bonds is 4. The van der Waals surface area contributed by atoms with Crippen molar-refractivity contribution < 1.29 is 10.5 Å². The van der Waals surface area contributed by atoms with Gasteiger partial charge >= 0.3 is 0 Å². The van der Waals surface area contributed by atoms with Crippen molar-refractivity contribution in [2.75, 3.05) is 13.1 Å². The Kier molecular flexibility index (Phi) is 3.63. The lowest BCUT2D eigenvalue weighted by atomic mass is 9.96. The summed E-state index contributed by atoms with van der Waals surface area (Å²) in [5.74, 6) is -0.00261. The van der Waals surface area contributed by atoms with Crippen molar-refractivity contribution in [1.29, 1.82) is 0 Å². The van der Waals surface area contributed by atoms with Crippen molar-refractivity contribution in [1.82, 2.24) is 15.1 Å². The molecule has 24 heavy (non-hydrogen) atoms. The fraction of sp³-hybridized carbons (Fsp3) is 0.158. The van der Waals surface area contributed by atoms with Gasteiger partial charge in [0.15, 0.2) is 0 Å². The number of carbonyl (C=O) groups is 1. The Morgan fingerprint density at radius 1 is 1.04 bits per heavy atom. The number of benzene rings is 2. The van der Waals surface area contributed by atoms with Gasteiger partial charge < -0.3 is 10.6 Å². The highest BCUT2D eigenvalue weighted by Gasteiger charge is 2.41. The lowest BCUT2D eigenvalue weighted by Crippen LogP contribution is -2.55. The number of nitrogens with one attached hydrogen (secondary N) is 1. The summed E-state index contributed by atoms with van der Waals surface area (Å²) in [6.45, 7) is 1.29. The van der Waals surface area contributed by atoms with Crippen LogP contribution in [0.2, 0.25) is 0 Å². The Morgan fingerprint density at radius 3 is 2.38 bits per heavy atom. The van der Waals surface area contributed by atoms with Crippen molar-refractivity contribution in [2.45, 2.75) is 6.04 Å². The van der Waals surface area contributed by atoms with Crippen molar-refractivity contribution in [2.24, 2.45) is 0 Å². The van der Waals surface area contributed by atoms with Gasteiger partial charge in [-0.05, 0) is 5.56 Å². The Morgan fingerprint density at radius 2 is 1.71 bits per heavy atom. The maximum Gasteiger partial charge on any atom is 0.273 e. The van der Waals surface area contributed by atoms with E-state index in [0.29, 0.717) is 18.8 Å². The van der Waals surface area contributed by atoms with Crippen LogP contribution in [0.5, 0.6) is 0 Å². The topological polar surface area (TPSA) is 76.6 Å². The Balaban J connectivity index is 1.90. The molecule has 120 valence electrons. The van der Waals surface area contributed by atoms with E-state index in [-0.39, 0.29) is 11.9 Å². The molecule has 2 aromatic carbocycles. The Labute approximate surface area is 140 Å². The van der Waals surface area contributed by atoms with Crippen LogP contribution in [0.3, 0.4) is 0 Å². The molecule has 1 aliphatic heterocycles. The van der Waals surface area contributed by atoms with Gasteiger partial charge in [-0.1, -0.05) is 60.7 Å². The maximum absolute atomic E-state index is 12.8. The minimum atomic E-state index is -0.121. The number of hydrogen-bond donors (Lipinski definition) is 2. The van der Waals surface area contributed by atoms with Crippen LogP contribution in [-0.2, 0) is 0 Å². The summed E-state index contributed by atoms with van der Waals surface area (Å²) < 4.78 is 0. The second-order valence-electron chi connectivity index (χ2n) is 5.89. The average molecular weight is 319 g/mol. The van der Waals surface area contributed by atoms with Crippen molar-refractivity contribution in [3.63, 3.8) is 0 Å². The van der Waals surface area contributed by atoms with E-state index >= 15 is 0 Å². The van der Waals surface area contributed by atoms with Crippen LogP contribution in [0.1, 0.15) is 27.7 Å². The minimum absolute atomic E-state index is 0.00261. The fourth-order valence-electron chi connectivity index (χ4n) is 3.40. The molecule has 4 N–H and O–H groups in total. The van der Waals surface area contributed by atoms with Crippen LogP contribution in [0.25, 0.3) is 11.3 Å². The van der Waals surface area contributed by atoms with Gasteiger partial charge in [-0.25, -0.2) is 0 Å². The van der Waals surface area contributed by atoms with E-state index in [1.165, 1.54) is 0 Å². The molecule has 1 atom stereocenters. The van der Waals surface area contributed by atoms with Gasteiger partial charge in [0.05, 0.1) is 24.8 Å². The van der Waals surface area contributed by atoms with Gasteiger partial charge in [-0.2, -0.15) is 5.10 Å². The number of aromatic amines is 1. The number of fused-ring (bicyclic) bond motifs is 1. The van der Waals surface area contributed by atoms with Gasteiger partial charge in [-0.3, -0.25) is 9.89 Å². The van der Waals surface area contributed by atoms with E-state index in [1.807, 2.05) is 53.4 Å². The van der Waals surface area contributed by atoms with E-state index in [0.717, 1.165) is 22.4 Å². The molecular formula is C19H19N4O+. The number of amides is 1. The normalized spacial score (nSPS) is 16.5. The Bertz CT molecular complexity index is 858. The summed E-state index contributed by atoms with van der Waals surface area (Å²) >= 11 is 0. The SMILES string of the molecule is [NH3+]CCN1C(=O)c2[nH]nc(-c3ccccc3)c2C1c1ccccc1. The highest BCUT2D eigenvalue weighted by Crippen LogP contribution is 2.42. The van der Waals surface area contributed by atoms with Gasteiger partial charge in [0.1, 0.15) is 5.69 Å². The summed E-state index contributed by atoms with van der Waals surface area (Å²) in [6, 6.07) is 20.0. The van der Waals surface area contributed by atoms with Gasteiger partial charge in [-0.15, -0.1) is 0 Å². The number of nitrogens with zero attached hydrogens (tertiary/aromatic N) is 2. The lowest BCUT2D eigenvalue weighted by molar-refractivity contribution is -0.368. The van der Waals surface area contributed by atoms with Gasteiger partial charge in [0.25, 0.3) is 5.91 Å². The first-order chi connectivity index (χ1) is 11.8. The van der Waals surface area contributed by atoms with Crippen LogP contribution in [0.15, 0.2) is 60.7 Å². The third kappa shape index (κ3) is 2.21. The van der Waals surface area contributed by atoms with Crippen molar-refractivity contribution >= 4 is 5.91 Å². The molecule has 5 heteroatoms. The van der Waals surface area contributed by atoms with Crippen LogP contribution in [0, 0.1) is 0 Å². The maximum atomic E-state index is 12.8. The third-order valence-corrected chi connectivity index (χ3v) is 4.43. The molecule has 0 fully saturated rings. The first-order valence-corrected chi connectivity index (χ1v) is 8.10. The van der Waals surface area contributed by atoms with E-state index in [9.17, 15) is 4.79 Å². The summed E-state index contributed by atoms with van der Waals surface area (Å²) in [7, 11) is 0. The van der Waals surface area contributed by atoms with Crippen LogP contribution >= 0.6 is 0 Å². The number of carbonyl (C=O) groups excluding carboxylic acids is 1. The largest absolute Gasteiger partial charge is 0.356 e. The van der Waals surface area contributed by atoms with Crippen molar-refractivity contribution in [3.8, 4) is 11.3 Å². The predicted molar refractivity (Wildman–Crippen MR) is 91.1 cm³/mol. The molecule has 1 aromatic heterocycles. The molecule has 0 aliphatic carbocycles. The van der Waals surface area contributed by atoms with E-state index in [2.05, 4.69) is 28.1 Å². The highest BCUT2D eigenvalue weighted by atomic mass is 16.2. The van der Waals surface area contributed by atoms with Crippen LogP contribution in [0.4, 0.5) is 0 Å². The van der Waals surface area contributed by atoms with Gasteiger partial charge in [0.2, 0.25) is 0 Å². The second kappa shape index (κ2) is 5.94. The molecule has 1 unspecified atom stereocenters. The zero-order valence-corrected chi connectivity index (χ0v) is 13.3. The molecule has 1 aliphatic rings. The zero-order valence-electron chi connectivity index (χ0n) is 13.3. The first kappa shape index (κ1) is 14.7. The van der Waals surface area contributed by atoms with Crippen LogP contribution in [-0.4, -0.2) is 34.1 Å². The molecule has 5 nitrogen and oxygen atoms in total. The third-order valence-electron chi connectivity index (χ3n) is 4.43. The smallest absolute Gasteiger partial charge is 0.273 e. The standard InChI is InChI=1S/C19H18N4O/c20-11-12-23-18(14-9-5-2-6-10-14)15-16(13-7-3-1-4-8-13)21-22-17(15)19(23)24/h1-10,18H,11-12,20H2,(H,21,22)/p+1. The molecule has 0 saturated carbocycles. The molecule has 3 aromatic rings. The second-order valence-corrected chi connectivity index (χ2v) is 5.89. The summed E-state index contributed by atoms with van der Waals surface area (Å²) in [6.07, 6.45) is 0. The summed E-state index contributed by atoms with van der Waals surface area (Å²) in [4.78, 5) is 14.7. The molecular weight excluding hydrogens is 300 g/mol. The fourth-order valence-corrected chi connectivity index (χ4v) is 3.40. The Hall–Kier alpha value is -2.92. The number of quaternary nitrogens is 1. The quantitative estimate of drug-likeness (QED) is 0.770. The molecule has 0 bridgehead atoms. The number of aromatic nitrogens is 2. The zero-order chi connectivity index (χ0) is 16.5. The summed E-state index contributed by atoms with van der Waals surface area (Å²) in [5, 5.41) is 7.40. The number of H-pyrrole nitrogens is 1. The molecule has 0 spiro atoms. The number of hydrogen-bond acceptors (Lipinski definition) is 2. The molecule has 1 amide bonds.